The lowest BCUT2D eigenvalue weighted by atomic mass is 9.89. The fourth-order valence-corrected chi connectivity index (χ4v) is 3.27. The number of hydrogen-bond donors (Lipinski definition) is 3. The van der Waals surface area contributed by atoms with Gasteiger partial charge in [-0.05, 0) is 57.6 Å². The van der Waals surface area contributed by atoms with E-state index in [0.29, 0.717) is 13.0 Å². The number of alkyl carbamates (subject to hydrolysis) is 1. The number of ether oxygens (including phenoxy) is 1. The molecule has 2 atom stereocenters. The van der Waals surface area contributed by atoms with E-state index in [4.69, 9.17) is 4.74 Å². The summed E-state index contributed by atoms with van der Waals surface area (Å²) in [6.45, 7) is 9.96. The normalized spacial score (nSPS) is 23.1. The van der Waals surface area contributed by atoms with E-state index in [1.807, 2.05) is 34.6 Å². The second-order valence-electron chi connectivity index (χ2n) is 7.99. The zero-order valence-electron chi connectivity index (χ0n) is 15.3. The van der Waals surface area contributed by atoms with E-state index in [0.717, 1.165) is 24.0 Å². The molecule has 0 aromatic rings. The van der Waals surface area contributed by atoms with E-state index >= 15 is 0 Å². The Labute approximate surface area is 144 Å². The van der Waals surface area contributed by atoms with E-state index in [1.54, 1.807) is 6.08 Å². The van der Waals surface area contributed by atoms with Gasteiger partial charge in [0.25, 0.3) is 0 Å². The molecular formula is C18H30N2O4. The fourth-order valence-electron chi connectivity index (χ4n) is 3.27. The van der Waals surface area contributed by atoms with Gasteiger partial charge in [0.2, 0.25) is 0 Å². The number of rotatable bonds is 4. The molecule has 1 amide bonds. The molecule has 2 rings (SSSR count). The summed E-state index contributed by atoms with van der Waals surface area (Å²) in [5.41, 5.74) is 1.35. The quantitative estimate of drug-likeness (QED) is 0.730. The topological polar surface area (TPSA) is 82.0 Å². The summed E-state index contributed by atoms with van der Waals surface area (Å²) < 4.78 is 5.34. The van der Waals surface area contributed by atoms with Crippen LogP contribution in [-0.4, -0.2) is 45.7 Å². The van der Waals surface area contributed by atoms with Gasteiger partial charge >= 0.3 is 6.09 Å². The second kappa shape index (κ2) is 7.15. The molecule has 1 aliphatic heterocycles. The Hall–Kier alpha value is -1.53. The molecule has 2 aliphatic rings. The van der Waals surface area contributed by atoms with Crippen molar-refractivity contribution >= 4 is 6.09 Å². The van der Waals surface area contributed by atoms with Gasteiger partial charge in [-0.2, -0.15) is 5.06 Å². The Bertz CT molecular complexity index is 546. The maximum Gasteiger partial charge on any atom is 0.407 e. The highest BCUT2D eigenvalue weighted by Crippen LogP contribution is 2.36. The van der Waals surface area contributed by atoms with Gasteiger partial charge in [0.05, 0.1) is 6.04 Å². The maximum absolute atomic E-state index is 12.1. The predicted molar refractivity (Wildman–Crippen MR) is 91.9 cm³/mol. The van der Waals surface area contributed by atoms with Crippen LogP contribution in [0.1, 0.15) is 53.9 Å². The molecule has 0 aromatic heterocycles. The number of allylic oxidation sites excluding steroid dienone is 1. The van der Waals surface area contributed by atoms with Crippen molar-refractivity contribution in [2.24, 2.45) is 5.92 Å². The molecule has 6 nitrogen and oxygen atoms in total. The molecule has 0 bridgehead atoms. The molecule has 24 heavy (non-hydrogen) atoms. The standard InChI is InChI=1S/C18H30N2O4/c1-11(2)13(19-17(22)24-18(3,4)5)9-14-16-12(10-20(14)23)7-6-8-15(16)21/h8,11,13-14,21,23H,6-7,9-10H2,1-5H3,(H,19,22)/t13-,14-/m0/s1. The first-order valence-electron chi connectivity index (χ1n) is 8.65. The first-order chi connectivity index (χ1) is 11.1. The van der Waals surface area contributed by atoms with Crippen molar-refractivity contribution < 1.29 is 19.8 Å². The van der Waals surface area contributed by atoms with Crippen LogP contribution in [0.15, 0.2) is 23.0 Å². The van der Waals surface area contributed by atoms with E-state index in [9.17, 15) is 15.1 Å². The molecule has 0 aromatic carbocycles. The summed E-state index contributed by atoms with van der Waals surface area (Å²) in [6, 6.07) is -0.472. The van der Waals surface area contributed by atoms with Crippen LogP contribution in [0, 0.1) is 5.92 Å². The van der Waals surface area contributed by atoms with Crippen LogP contribution in [0.4, 0.5) is 4.79 Å². The minimum atomic E-state index is -0.554. The van der Waals surface area contributed by atoms with Crippen LogP contribution >= 0.6 is 0 Å². The smallest absolute Gasteiger partial charge is 0.407 e. The Morgan fingerprint density at radius 2 is 2.12 bits per heavy atom. The number of hydrogen-bond acceptors (Lipinski definition) is 5. The molecule has 0 unspecified atom stereocenters. The first-order valence-corrected chi connectivity index (χ1v) is 8.65. The van der Waals surface area contributed by atoms with Crippen LogP contribution in [0.2, 0.25) is 0 Å². The van der Waals surface area contributed by atoms with Crippen LogP contribution in [-0.2, 0) is 4.74 Å². The van der Waals surface area contributed by atoms with Gasteiger partial charge in [0, 0.05) is 18.2 Å². The second-order valence-corrected chi connectivity index (χ2v) is 7.99. The number of nitrogens with one attached hydrogen (secondary N) is 1. The number of aliphatic hydroxyl groups excluding tert-OH is 1. The van der Waals surface area contributed by atoms with Crippen molar-refractivity contribution in [3.05, 3.63) is 23.0 Å². The van der Waals surface area contributed by atoms with Crippen molar-refractivity contribution in [3.63, 3.8) is 0 Å². The predicted octanol–water partition coefficient (Wildman–Crippen LogP) is 3.53. The summed E-state index contributed by atoms with van der Waals surface area (Å²) in [4.78, 5) is 12.1. The summed E-state index contributed by atoms with van der Waals surface area (Å²) >= 11 is 0. The number of nitrogens with zero attached hydrogens (tertiary/aromatic N) is 1. The van der Waals surface area contributed by atoms with E-state index in [1.165, 1.54) is 5.06 Å². The Kier molecular flexibility index (Phi) is 5.60. The molecule has 0 fully saturated rings. The Balaban J connectivity index is 2.09. The number of carbonyl (C=O) groups is 1. The number of aliphatic hydroxyl groups is 1. The van der Waals surface area contributed by atoms with Crippen molar-refractivity contribution in [1.82, 2.24) is 10.4 Å². The summed E-state index contributed by atoms with van der Waals surface area (Å²) in [7, 11) is 0. The third kappa shape index (κ3) is 4.51. The number of hydroxylamine groups is 2. The Morgan fingerprint density at radius 3 is 2.71 bits per heavy atom. The summed E-state index contributed by atoms with van der Waals surface area (Å²) in [5.74, 6) is 0.433. The highest BCUT2D eigenvalue weighted by Gasteiger charge is 2.37. The monoisotopic (exact) mass is 338 g/mol. The number of amides is 1. The highest BCUT2D eigenvalue weighted by molar-refractivity contribution is 5.68. The summed E-state index contributed by atoms with van der Waals surface area (Å²) in [6.07, 6.45) is 3.52. The summed E-state index contributed by atoms with van der Waals surface area (Å²) in [5, 5.41) is 24.7. The van der Waals surface area contributed by atoms with Crippen molar-refractivity contribution in [1.29, 1.82) is 0 Å². The average Bonchev–Trinajstić information content (AvgIpc) is 2.73. The van der Waals surface area contributed by atoms with Gasteiger partial charge in [-0.15, -0.1) is 0 Å². The molecule has 1 aliphatic carbocycles. The third-order valence-electron chi connectivity index (χ3n) is 4.47. The molecule has 0 spiro atoms. The highest BCUT2D eigenvalue weighted by atomic mass is 16.6. The first kappa shape index (κ1) is 18.8. The minimum absolute atomic E-state index is 0.166. The molecule has 1 heterocycles. The van der Waals surface area contributed by atoms with Crippen LogP contribution in [0.5, 0.6) is 0 Å². The van der Waals surface area contributed by atoms with Crippen molar-refractivity contribution in [2.45, 2.75) is 71.6 Å². The SMILES string of the molecule is CC(C)[C@H](C[C@H]1C2=C(CCC=C2O)CN1O)NC(=O)OC(C)(C)C. The van der Waals surface area contributed by atoms with Gasteiger partial charge in [0.15, 0.2) is 0 Å². The zero-order chi connectivity index (χ0) is 18.1. The molecule has 0 saturated heterocycles. The van der Waals surface area contributed by atoms with Gasteiger partial charge in [-0.1, -0.05) is 13.8 Å². The van der Waals surface area contributed by atoms with Gasteiger partial charge in [-0.3, -0.25) is 0 Å². The third-order valence-corrected chi connectivity index (χ3v) is 4.47. The van der Waals surface area contributed by atoms with Crippen LogP contribution < -0.4 is 5.32 Å². The molecule has 6 heteroatoms. The van der Waals surface area contributed by atoms with Crippen molar-refractivity contribution in [2.75, 3.05) is 6.54 Å². The Morgan fingerprint density at radius 1 is 1.46 bits per heavy atom. The average molecular weight is 338 g/mol. The van der Waals surface area contributed by atoms with Gasteiger partial charge < -0.3 is 20.4 Å². The minimum Gasteiger partial charge on any atom is -0.508 e. The van der Waals surface area contributed by atoms with Crippen LogP contribution in [0.3, 0.4) is 0 Å². The fraction of sp³-hybridized carbons (Fsp3) is 0.722. The van der Waals surface area contributed by atoms with E-state index in [-0.39, 0.29) is 23.8 Å². The molecular weight excluding hydrogens is 308 g/mol. The maximum atomic E-state index is 12.1. The number of carbonyl (C=O) groups excluding carboxylic acids is 1. The molecule has 0 saturated carbocycles. The van der Waals surface area contributed by atoms with Gasteiger partial charge in [0.1, 0.15) is 11.4 Å². The van der Waals surface area contributed by atoms with E-state index < -0.39 is 11.7 Å². The van der Waals surface area contributed by atoms with Crippen molar-refractivity contribution in [3.8, 4) is 0 Å². The molecule has 136 valence electrons. The van der Waals surface area contributed by atoms with Crippen LogP contribution in [0.25, 0.3) is 0 Å². The largest absolute Gasteiger partial charge is 0.508 e. The zero-order valence-corrected chi connectivity index (χ0v) is 15.3. The van der Waals surface area contributed by atoms with Gasteiger partial charge in [-0.25, -0.2) is 4.79 Å². The lowest BCUT2D eigenvalue weighted by Gasteiger charge is -2.30. The molecule has 0 radical (unpaired) electrons. The van der Waals surface area contributed by atoms with E-state index in [2.05, 4.69) is 5.32 Å². The lowest BCUT2D eigenvalue weighted by molar-refractivity contribution is -0.103. The molecule has 3 N–H and O–H groups in total. The lowest BCUT2D eigenvalue weighted by Crippen LogP contribution is -2.45.